The van der Waals surface area contributed by atoms with Crippen LogP contribution in [0.5, 0.6) is 0 Å². The molecule has 1 saturated carbocycles. The van der Waals surface area contributed by atoms with Crippen LogP contribution in [0.15, 0.2) is 0 Å². The van der Waals surface area contributed by atoms with Crippen LogP contribution in [0.4, 0.5) is 0 Å². The Kier molecular flexibility index (Phi) is 5.93. The van der Waals surface area contributed by atoms with Gasteiger partial charge in [0, 0.05) is 25.2 Å². The minimum atomic E-state index is 0.648. The molecule has 0 amide bonds. The van der Waals surface area contributed by atoms with Gasteiger partial charge < -0.3 is 10.1 Å². The van der Waals surface area contributed by atoms with E-state index < -0.39 is 0 Å². The lowest BCUT2D eigenvalue weighted by Crippen LogP contribution is -2.48. The minimum Gasteiger partial charge on any atom is -0.380 e. The van der Waals surface area contributed by atoms with E-state index >= 15 is 0 Å². The molecule has 1 aliphatic heterocycles. The summed E-state index contributed by atoms with van der Waals surface area (Å²) in [5.41, 5.74) is 0. The molecular weight excluding hydrogens is 224 g/mol. The number of nitrogens with zero attached hydrogens (tertiary/aromatic N) is 1. The highest BCUT2D eigenvalue weighted by Gasteiger charge is 2.27. The topological polar surface area (TPSA) is 24.5 Å². The van der Waals surface area contributed by atoms with Crippen molar-refractivity contribution in [2.45, 2.75) is 57.5 Å². The van der Waals surface area contributed by atoms with Crippen LogP contribution in [0.2, 0.25) is 0 Å². The predicted octanol–water partition coefficient (Wildman–Crippen LogP) is 2.27. The monoisotopic (exact) mass is 254 g/mol. The van der Waals surface area contributed by atoms with Gasteiger partial charge in [0.1, 0.15) is 0 Å². The second kappa shape index (κ2) is 7.46. The molecule has 1 N–H and O–H groups in total. The molecule has 1 heterocycles. The molecule has 2 rings (SSSR count). The summed E-state index contributed by atoms with van der Waals surface area (Å²) < 4.78 is 5.50. The maximum atomic E-state index is 5.50. The molecular formula is C15H30N2O. The Morgan fingerprint density at radius 2 is 2.00 bits per heavy atom. The van der Waals surface area contributed by atoms with Crippen molar-refractivity contribution in [2.24, 2.45) is 5.92 Å². The van der Waals surface area contributed by atoms with E-state index in [2.05, 4.69) is 24.2 Å². The maximum Gasteiger partial charge on any atom is 0.0622 e. The largest absolute Gasteiger partial charge is 0.380 e. The van der Waals surface area contributed by atoms with E-state index in [-0.39, 0.29) is 0 Å². The van der Waals surface area contributed by atoms with Gasteiger partial charge in [-0.15, -0.1) is 0 Å². The van der Waals surface area contributed by atoms with Crippen molar-refractivity contribution in [1.29, 1.82) is 0 Å². The zero-order chi connectivity index (χ0) is 12.8. The molecule has 3 nitrogen and oxygen atoms in total. The fourth-order valence-corrected chi connectivity index (χ4v) is 3.51. The molecule has 0 radical (unpaired) electrons. The summed E-state index contributed by atoms with van der Waals surface area (Å²) in [7, 11) is 2.27. The van der Waals surface area contributed by atoms with Crippen molar-refractivity contribution in [2.75, 3.05) is 33.4 Å². The minimum absolute atomic E-state index is 0.648. The highest BCUT2D eigenvalue weighted by atomic mass is 16.5. The van der Waals surface area contributed by atoms with Crippen LogP contribution in [-0.2, 0) is 4.74 Å². The highest BCUT2D eigenvalue weighted by molar-refractivity contribution is 4.84. The second-order valence-electron chi connectivity index (χ2n) is 6.02. The lowest BCUT2D eigenvalue weighted by molar-refractivity contribution is 0.138. The molecule has 1 saturated heterocycles. The van der Waals surface area contributed by atoms with Crippen molar-refractivity contribution in [3.63, 3.8) is 0 Å². The molecule has 0 aromatic rings. The number of nitrogens with one attached hydrogen (secondary N) is 1. The van der Waals surface area contributed by atoms with Gasteiger partial charge in [0.15, 0.2) is 0 Å². The number of rotatable bonds is 6. The van der Waals surface area contributed by atoms with Gasteiger partial charge in [-0.3, -0.25) is 4.90 Å². The van der Waals surface area contributed by atoms with Crippen LogP contribution in [0.25, 0.3) is 0 Å². The van der Waals surface area contributed by atoms with Crippen LogP contribution >= 0.6 is 0 Å². The van der Waals surface area contributed by atoms with Gasteiger partial charge in [-0.05, 0) is 38.8 Å². The molecule has 18 heavy (non-hydrogen) atoms. The van der Waals surface area contributed by atoms with Crippen molar-refractivity contribution in [1.82, 2.24) is 10.2 Å². The van der Waals surface area contributed by atoms with Crippen LogP contribution in [-0.4, -0.2) is 50.3 Å². The molecule has 2 atom stereocenters. The third kappa shape index (κ3) is 3.94. The van der Waals surface area contributed by atoms with Crippen LogP contribution in [0.1, 0.15) is 45.4 Å². The van der Waals surface area contributed by atoms with E-state index in [1.165, 1.54) is 45.1 Å². The van der Waals surface area contributed by atoms with Crippen LogP contribution in [0.3, 0.4) is 0 Å². The normalized spacial score (nSPS) is 27.8. The lowest BCUT2D eigenvalue weighted by atomic mass is 9.83. The van der Waals surface area contributed by atoms with Gasteiger partial charge in [0.25, 0.3) is 0 Å². The number of likely N-dealkylation sites (N-methyl/N-ethyl adjacent to an activating group) is 2. The third-order valence-corrected chi connectivity index (χ3v) is 4.70. The third-order valence-electron chi connectivity index (χ3n) is 4.70. The summed E-state index contributed by atoms with van der Waals surface area (Å²) in [5.74, 6) is 0.892. The second-order valence-corrected chi connectivity index (χ2v) is 6.02. The Labute approximate surface area is 112 Å². The quantitative estimate of drug-likeness (QED) is 0.787. The van der Waals surface area contributed by atoms with E-state index in [0.29, 0.717) is 12.1 Å². The van der Waals surface area contributed by atoms with E-state index in [9.17, 15) is 0 Å². The van der Waals surface area contributed by atoms with Crippen molar-refractivity contribution < 1.29 is 4.74 Å². The summed E-state index contributed by atoms with van der Waals surface area (Å²) >= 11 is 0. The summed E-state index contributed by atoms with van der Waals surface area (Å²) in [6.07, 6.45) is 8.37. The fraction of sp³-hybridized carbons (Fsp3) is 1.00. The average Bonchev–Trinajstić information content (AvgIpc) is 2.93. The Balaban J connectivity index is 1.83. The van der Waals surface area contributed by atoms with Crippen molar-refractivity contribution in [3.05, 3.63) is 0 Å². The zero-order valence-corrected chi connectivity index (χ0v) is 12.2. The SMILES string of the molecule is CCNC(CN(C)C1CCOC1)C1CCCCC1. The van der Waals surface area contributed by atoms with Gasteiger partial charge in [0.2, 0.25) is 0 Å². The zero-order valence-electron chi connectivity index (χ0n) is 12.2. The molecule has 3 heteroatoms. The van der Waals surface area contributed by atoms with Gasteiger partial charge in [-0.25, -0.2) is 0 Å². The van der Waals surface area contributed by atoms with Gasteiger partial charge in [-0.1, -0.05) is 26.2 Å². The number of hydrogen-bond donors (Lipinski definition) is 1. The first kappa shape index (κ1) is 14.3. The molecule has 0 spiro atoms. The summed E-state index contributed by atoms with van der Waals surface area (Å²) in [4.78, 5) is 2.52. The first-order chi connectivity index (χ1) is 8.81. The molecule has 0 bridgehead atoms. The molecule has 2 unspecified atom stereocenters. The van der Waals surface area contributed by atoms with Gasteiger partial charge >= 0.3 is 0 Å². The van der Waals surface area contributed by atoms with Crippen molar-refractivity contribution in [3.8, 4) is 0 Å². The first-order valence-corrected chi connectivity index (χ1v) is 7.82. The van der Waals surface area contributed by atoms with E-state index in [1.54, 1.807) is 0 Å². The lowest BCUT2D eigenvalue weighted by Gasteiger charge is -2.35. The molecule has 106 valence electrons. The fourth-order valence-electron chi connectivity index (χ4n) is 3.51. The molecule has 1 aliphatic carbocycles. The average molecular weight is 254 g/mol. The maximum absolute atomic E-state index is 5.50. The molecule has 2 aliphatic rings. The standard InChI is InChI=1S/C15H30N2O/c1-3-16-15(13-7-5-4-6-8-13)11-17(2)14-9-10-18-12-14/h13-16H,3-12H2,1-2H3. The predicted molar refractivity (Wildman–Crippen MR) is 75.9 cm³/mol. The first-order valence-electron chi connectivity index (χ1n) is 7.82. The van der Waals surface area contributed by atoms with E-state index in [4.69, 9.17) is 4.74 Å². The van der Waals surface area contributed by atoms with E-state index in [1.807, 2.05) is 0 Å². The summed E-state index contributed by atoms with van der Waals surface area (Å²) in [6, 6.07) is 1.33. The molecule has 2 fully saturated rings. The number of hydrogen-bond acceptors (Lipinski definition) is 3. The molecule has 0 aromatic heterocycles. The Hall–Kier alpha value is -0.120. The Morgan fingerprint density at radius 3 is 2.61 bits per heavy atom. The van der Waals surface area contributed by atoms with E-state index in [0.717, 1.165) is 25.7 Å². The van der Waals surface area contributed by atoms with Crippen LogP contribution < -0.4 is 5.32 Å². The molecule has 0 aromatic carbocycles. The Morgan fingerprint density at radius 1 is 1.22 bits per heavy atom. The van der Waals surface area contributed by atoms with Gasteiger partial charge in [0.05, 0.1) is 6.61 Å². The smallest absolute Gasteiger partial charge is 0.0622 e. The number of ether oxygens (including phenoxy) is 1. The summed E-state index contributed by atoms with van der Waals surface area (Å²) in [6.45, 7) is 6.39. The van der Waals surface area contributed by atoms with Crippen molar-refractivity contribution >= 4 is 0 Å². The Bertz CT molecular complexity index is 223. The van der Waals surface area contributed by atoms with Crippen LogP contribution in [0, 0.1) is 5.92 Å². The highest BCUT2D eigenvalue weighted by Crippen LogP contribution is 2.27. The van der Waals surface area contributed by atoms with Gasteiger partial charge in [-0.2, -0.15) is 0 Å². The summed E-state index contributed by atoms with van der Waals surface area (Å²) in [5, 5.41) is 3.72.